The second-order valence-electron chi connectivity index (χ2n) is 4.55. The topological polar surface area (TPSA) is 86.3 Å². The molecular weight excluding hydrogens is 324 g/mol. The van der Waals surface area contributed by atoms with Crippen molar-refractivity contribution in [2.45, 2.75) is 4.90 Å². The van der Waals surface area contributed by atoms with E-state index < -0.39 is 9.85 Å². The lowest BCUT2D eigenvalue weighted by Crippen LogP contribution is -1.88. The molecule has 3 rings (SSSR count). The normalized spacial score (nSPS) is 10.8. The number of nitrogens with zero attached hydrogens (tertiary/aromatic N) is 2. The van der Waals surface area contributed by atoms with Crippen molar-refractivity contribution in [2.24, 2.45) is 0 Å². The predicted molar refractivity (Wildman–Crippen MR) is 87.8 cm³/mol. The molecule has 22 heavy (non-hydrogen) atoms. The zero-order valence-corrected chi connectivity index (χ0v) is 12.6. The van der Waals surface area contributed by atoms with Crippen LogP contribution in [0.5, 0.6) is 0 Å². The maximum absolute atomic E-state index is 10.8. The molecular formula is C14H8N2O4S2. The molecule has 0 N–H and O–H groups in total. The van der Waals surface area contributed by atoms with Crippen molar-refractivity contribution < 1.29 is 9.85 Å². The Hall–Kier alpha value is -2.45. The van der Waals surface area contributed by atoms with E-state index >= 15 is 0 Å². The summed E-state index contributed by atoms with van der Waals surface area (Å²) in [5.74, 6) is 0. The Morgan fingerprint density at radius 1 is 0.909 bits per heavy atom. The molecule has 110 valence electrons. The number of nitro groups is 2. The Morgan fingerprint density at radius 2 is 1.55 bits per heavy atom. The molecule has 0 fully saturated rings. The Balaban J connectivity index is 2.10. The van der Waals surface area contributed by atoms with Crippen LogP contribution >= 0.6 is 24.0 Å². The maximum atomic E-state index is 10.8. The van der Waals surface area contributed by atoms with Gasteiger partial charge in [0.05, 0.1) is 9.85 Å². The average molecular weight is 332 g/mol. The third-order valence-corrected chi connectivity index (χ3v) is 4.67. The Labute approximate surface area is 133 Å². The summed E-state index contributed by atoms with van der Waals surface area (Å²) in [6.07, 6.45) is 0. The van der Waals surface area contributed by atoms with Crippen molar-refractivity contribution in [3.8, 4) is 10.4 Å². The van der Waals surface area contributed by atoms with E-state index in [-0.39, 0.29) is 11.4 Å². The van der Waals surface area contributed by atoms with E-state index in [1.807, 2.05) is 6.07 Å². The molecule has 8 heteroatoms. The Morgan fingerprint density at radius 3 is 2.18 bits per heavy atom. The summed E-state index contributed by atoms with van der Waals surface area (Å²) in [5, 5.41) is 22.5. The van der Waals surface area contributed by atoms with Crippen LogP contribution in [-0.4, -0.2) is 9.85 Å². The molecule has 0 amide bonds. The molecule has 6 nitrogen and oxygen atoms in total. The molecule has 1 aromatic heterocycles. The molecule has 0 spiro atoms. The van der Waals surface area contributed by atoms with Crippen LogP contribution in [0.4, 0.5) is 11.4 Å². The molecule has 0 unspecified atom stereocenters. The van der Waals surface area contributed by atoms with Crippen LogP contribution in [0.1, 0.15) is 0 Å². The molecule has 1 heterocycles. The van der Waals surface area contributed by atoms with Gasteiger partial charge in [-0.15, -0.1) is 24.0 Å². The summed E-state index contributed by atoms with van der Waals surface area (Å²) in [5.41, 5.74) is 0.777. The number of thiophene rings is 1. The maximum Gasteiger partial charge on any atom is 0.270 e. The molecule has 0 aliphatic heterocycles. The summed E-state index contributed by atoms with van der Waals surface area (Å²) < 4.78 is 0.787. The number of thiol groups is 1. The highest BCUT2D eigenvalue weighted by Gasteiger charge is 2.14. The van der Waals surface area contributed by atoms with Gasteiger partial charge in [-0.25, -0.2) is 0 Å². The SMILES string of the molecule is O=[N+]([O-])c1ccc(-c2cc3ccc([N+](=O)[O-])cc3s2)c(S)c1. The lowest BCUT2D eigenvalue weighted by atomic mass is 10.1. The van der Waals surface area contributed by atoms with Crippen molar-refractivity contribution in [3.63, 3.8) is 0 Å². The van der Waals surface area contributed by atoms with Crippen LogP contribution in [0, 0.1) is 20.2 Å². The van der Waals surface area contributed by atoms with Crippen LogP contribution < -0.4 is 0 Å². The number of rotatable bonds is 3. The van der Waals surface area contributed by atoms with Gasteiger partial charge in [-0.1, -0.05) is 0 Å². The molecule has 0 aliphatic carbocycles. The van der Waals surface area contributed by atoms with Gasteiger partial charge in [0.2, 0.25) is 0 Å². The van der Waals surface area contributed by atoms with Crippen molar-refractivity contribution in [2.75, 3.05) is 0 Å². The first-order valence-electron chi connectivity index (χ1n) is 6.11. The van der Waals surface area contributed by atoms with E-state index in [1.54, 1.807) is 12.1 Å². The quantitative estimate of drug-likeness (QED) is 0.429. The Kier molecular flexibility index (Phi) is 3.55. The monoisotopic (exact) mass is 332 g/mol. The second-order valence-corrected chi connectivity index (χ2v) is 6.11. The molecule has 0 saturated heterocycles. The van der Waals surface area contributed by atoms with Crippen LogP contribution in [-0.2, 0) is 0 Å². The van der Waals surface area contributed by atoms with E-state index in [2.05, 4.69) is 12.6 Å². The summed E-state index contributed by atoms with van der Waals surface area (Å²) >= 11 is 5.69. The molecule has 0 bridgehead atoms. The summed E-state index contributed by atoms with van der Waals surface area (Å²) in [6, 6.07) is 11.0. The third kappa shape index (κ3) is 2.53. The minimum Gasteiger partial charge on any atom is -0.258 e. The van der Waals surface area contributed by atoms with Crippen molar-refractivity contribution in [1.82, 2.24) is 0 Å². The molecule has 0 saturated carbocycles. The smallest absolute Gasteiger partial charge is 0.258 e. The molecule has 0 aliphatic rings. The van der Waals surface area contributed by atoms with E-state index in [0.717, 1.165) is 20.5 Å². The molecule has 2 aromatic carbocycles. The first kappa shape index (κ1) is 14.5. The number of hydrogen-bond acceptors (Lipinski definition) is 6. The number of benzene rings is 2. The highest BCUT2D eigenvalue weighted by atomic mass is 32.1. The standard InChI is InChI=1S/C14H8N2O4S2/c17-15(18)9-3-4-11(12(21)6-9)14-5-8-1-2-10(16(19)20)7-13(8)22-14/h1-7,21H. The first-order chi connectivity index (χ1) is 10.5. The van der Waals surface area contributed by atoms with Crippen LogP contribution in [0.2, 0.25) is 0 Å². The average Bonchev–Trinajstić information content (AvgIpc) is 2.89. The summed E-state index contributed by atoms with van der Waals surface area (Å²) in [7, 11) is 0. The van der Waals surface area contributed by atoms with Crippen LogP contribution in [0.3, 0.4) is 0 Å². The van der Waals surface area contributed by atoms with Gasteiger partial charge in [-0.3, -0.25) is 20.2 Å². The van der Waals surface area contributed by atoms with Gasteiger partial charge in [0.1, 0.15) is 0 Å². The molecule has 0 atom stereocenters. The van der Waals surface area contributed by atoms with Crippen molar-refractivity contribution >= 4 is 45.4 Å². The number of non-ortho nitro benzene ring substituents is 2. The van der Waals surface area contributed by atoms with Gasteiger partial charge in [-0.2, -0.15) is 0 Å². The third-order valence-electron chi connectivity index (χ3n) is 3.17. The van der Waals surface area contributed by atoms with Gasteiger partial charge >= 0.3 is 0 Å². The first-order valence-corrected chi connectivity index (χ1v) is 7.38. The van der Waals surface area contributed by atoms with Crippen molar-refractivity contribution in [1.29, 1.82) is 0 Å². The predicted octanol–water partition coefficient (Wildman–Crippen LogP) is 4.67. The largest absolute Gasteiger partial charge is 0.270 e. The number of fused-ring (bicyclic) bond motifs is 1. The molecule has 3 aromatic rings. The van der Waals surface area contributed by atoms with E-state index in [1.165, 1.54) is 35.6 Å². The zero-order valence-electron chi connectivity index (χ0n) is 10.9. The van der Waals surface area contributed by atoms with Gasteiger partial charge < -0.3 is 0 Å². The minimum atomic E-state index is -0.474. The van der Waals surface area contributed by atoms with Crippen LogP contribution in [0.25, 0.3) is 20.5 Å². The van der Waals surface area contributed by atoms with Gasteiger partial charge in [0.25, 0.3) is 11.4 Å². The highest BCUT2D eigenvalue weighted by molar-refractivity contribution is 7.80. The summed E-state index contributed by atoms with van der Waals surface area (Å²) in [6.45, 7) is 0. The van der Waals surface area contributed by atoms with Gasteiger partial charge in [-0.05, 0) is 23.6 Å². The zero-order chi connectivity index (χ0) is 15.9. The van der Waals surface area contributed by atoms with Crippen LogP contribution in [0.15, 0.2) is 47.4 Å². The summed E-state index contributed by atoms with van der Waals surface area (Å²) in [4.78, 5) is 22.0. The number of nitro benzene ring substituents is 2. The second kappa shape index (κ2) is 5.39. The van der Waals surface area contributed by atoms with E-state index in [9.17, 15) is 20.2 Å². The fourth-order valence-corrected chi connectivity index (χ4v) is 3.65. The molecule has 0 radical (unpaired) electrons. The van der Waals surface area contributed by atoms with E-state index in [0.29, 0.717) is 4.90 Å². The van der Waals surface area contributed by atoms with Gasteiger partial charge in [0.15, 0.2) is 0 Å². The number of hydrogen-bond donors (Lipinski definition) is 1. The Bertz CT molecular complexity index is 920. The fourth-order valence-electron chi connectivity index (χ4n) is 2.11. The minimum absolute atomic E-state index is 0.0227. The highest BCUT2D eigenvalue weighted by Crippen LogP contribution is 2.38. The fraction of sp³-hybridized carbons (Fsp3) is 0. The lowest BCUT2D eigenvalue weighted by molar-refractivity contribution is -0.385. The van der Waals surface area contributed by atoms with Crippen molar-refractivity contribution in [3.05, 3.63) is 62.7 Å². The van der Waals surface area contributed by atoms with Gasteiger partial charge in [0, 0.05) is 44.3 Å². The lowest BCUT2D eigenvalue weighted by Gasteiger charge is -2.01. The van der Waals surface area contributed by atoms with E-state index in [4.69, 9.17) is 0 Å².